The van der Waals surface area contributed by atoms with Crippen LogP contribution in [-0.4, -0.2) is 66.6 Å². The molecule has 3 heterocycles. The molecule has 2 saturated heterocycles. The van der Waals surface area contributed by atoms with Crippen molar-refractivity contribution in [2.45, 2.75) is 37.1 Å². The number of halogens is 3. The molecule has 1 aliphatic carbocycles. The second-order valence-electron chi connectivity index (χ2n) is 10.9. The molecule has 230 valence electrons. The highest BCUT2D eigenvalue weighted by atomic mass is 32.1. The van der Waals surface area contributed by atoms with E-state index in [0.717, 1.165) is 23.1 Å². The average Bonchev–Trinajstić information content (AvgIpc) is 3.78. The van der Waals surface area contributed by atoms with Crippen molar-refractivity contribution in [1.82, 2.24) is 15.5 Å². The van der Waals surface area contributed by atoms with E-state index in [0.29, 0.717) is 18.8 Å². The highest BCUT2D eigenvalue weighted by Crippen LogP contribution is 2.51. The van der Waals surface area contributed by atoms with E-state index in [2.05, 4.69) is 10.6 Å². The number of amidine groups is 1. The number of nitrogen functional groups attached to an aromatic ring is 1. The predicted octanol–water partition coefficient (Wildman–Crippen LogP) is 3.24. The van der Waals surface area contributed by atoms with Gasteiger partial charge in [0.1, 0.15) is 17.7 Å². The maximum Gasteiger partial charge on any atom is 0.299 e. The van der Waals surface area contributed by atoms with Crippen LogP contribution in [0.3, 0.4) is 0 Å². The lowest BCUT2D eigenvalue weighted by Gasteiger charge is -2.25. The predicted molar refractivity (Wildman–Crippen MR) is 154 cm³/mol. The maximum atomic E-state index is 14.9. The van der Waals surface area contributed by atoms with E-state index in [1.807, 2.05) is 0 Å². The number of amides is 3. The summed E-state index contributed by atoms with van der Waals surface area (Å²) in [6.45, 7) is 1.88. The minimum Gasteiger partial charge on any atom is -0.384 e. The van der Waals surface area contributed by atoms with Crippen molar-refractivity contribution in [2.75, 3.05) is 26.3 Å². The minimum absolute atomic E-state index is 0.0249. The molecule has 10 nitrogen and oxygen atoms in total. The van der Waals surface area contributed by atoms with Gasteiger partial charge in [0, 0.05) is 38.9 Å². The van der Waals surface area contributed by atoms with Gasteiger partial charge in [-0.25, -0.2) is 4.39 Å². The van der Waals surface area contributed by atoms with Crippen molar-refractivity contribution in [2.24, 2.45) is 5.73 Å². The highest BCUT2D eigenvalue weighted by molar-refractivity contribution is 7.10. The smallest absolute Gasteiger partial charge is 0.299 e. The Morgan fingerprint density at radius 3 is 2.55 bits per heavy atom. The van der Waals surface area contributed by atoms with Crippen molar-refractivity contribution in [3.8, 4) is 11.1 Å². The molecule has 2 atom stereocenters. The lowest BCUT2D eigenvalue weighted by atomic mass is 10.0. The fourth-order valence-electron chi connectivity index (χ4n) is 5.84. The summed E-state index contributed by atoms with van der Waals surface area (Å²) in [5, 5.41) is 14.7. The van der Waals surface area contributed by atoms with Gasteiger partial charge in [-0.15, -0.1) is 11.3 Å². The minimum atomic E-state index is -3.42. The van der Waals surface area contributed by atoms with Gasteiger partial charge in [0.2, 0.25) is 11.8 Å². The number of ether oxygens (including phenoxy) is 2. The molecule has 2 aromatic carbocycles. The largest absolute Gasteiger partial charge is 0.384 e. The molecule has 0 bridgehead atoms. The number of thiophene rings is 1. The van der Waals surface area contributed by atoms with Crippen molar-refractivity contribution >= 4 is 34.9 Å². The van der Waals surface area contributed by atoms with Gasteiger partial charge in [0.05, 0.1) is 32.3 Å². The quantitative estimate of drug-likeness (QED) is 0.234. The Balaban J connectivity index is 1.15. The third-order valence-corrected chi connectivity index (χ3v) is 9.19. The Bertz CT molecular complexity index is 1690. The SMILES string of the molecule is C[C@@H](NC(=O)[C@@H]1CC2(CN1C(=O)CNC(=O)c1ccc3c(c1)-c1ccc(F)cc1C3(F)F)OCCO2)c1cc(C(=N)N)cs1. The molecule has 1 aromatic heterocycles. The molecule has 1 spiro atoms. The second-order valence-corrected chi connectivity index (χ2v) is 11.9. The second kappa shape index (κ2) is 11.0. The summed E-state index contributed by atoms with van der Waals surface area (Å²) >= 11 is 1.34. The van der Waals surface area contributed by atoms with E-state index < -0.39 is 59.4 Å². The Labute approximate surface area is 253 Å². The van der Waals surface area contributed by atoms with Crippen LogP contribution in [0.25, 0.3) is 11.1 Å². The molecule has 14 heteroatoms. The first kappa shape index (κ1) is 29.8. The molecule has 0 unspecified atom stereocenters. The number of hydrogen-bond acceptors (Lipinski definition) is 7. The van der Waals surface area contributed by atoms with Gasteiger partial charge in [0.15, 0.2) is 5.79 Å². The zero-order chi connectivity index (χ0) is 31.4. The van der Waals surface area contributed by atoms with E-state index in [-0.39, 0.29) is 41.1 Å². The Morgan fingerprint density at radius 2 is 1.84 bits per heavy atom. The van der Waals surface area contributed by atoms with E-state index in [4.69, 9.17) is 20.6 Å². The number of carbonyl (C=O) groups excluding carboxylic acids is 3. The molecule has 2 fully saturated rings. The first-order chi connectivity index (χ1) is 20.9. The molecule has 5 N–H and O–H groups in total. The normalized spacial score (nSPS) is 19.8. The zero-order valence-corrected chi connectivity index (χ0v) is 24.2. The van der Waals surface area contributed by atoms with Crippen molar-refractivity contribution in [3.05, 3.63) is 80.8 Å². The number of rotatable bonds is 7. The fourth-order valence-corrected chi connectivity index (χ4v) is 6.76. The van der Waals surface area contributed by atoms with Gasteiger partial charge >= 0.3 is 0 Å². The third kappa shape index (κ3) is 5.22. The molecule has 3 amide bonds. The molecule has 6 rings (SSSR count). The molecular weight excluding hydrogens is 599 g/mol. The van der Waals surface area contributed by atoms with Gasteiger partial charge in [-0.05, 0) is 48.4 Å². The molecule has 3 aliphatic rings. The van der Waals surface area contributed by atoms with Crippen LogP contribution in [0.1, 0.15) is 51.3 Å². The number of benzene rings is 2. The number of alkyl halides is 2. The van der Waals surface area contributed by atoms with Crippen LogP contribution in [0.2, 0.25) is 0 Å². The van der Waals surface area contributed by atoms with Gasteiger partial charge in [-0.3, -0.25) is 19.8 Å². The van der Waals surface area contributed by atoms with Crippen LogP contribution in [0.4, 0.5) is 13.2 Å². The van der Waals surface area contributed by atoms with Gasteiger partial charge in [-0.2, -0.15) is 8.78 Å². The van der Waals surface area contributed by atoms with Crippen LogP contribution >= 0.6 is 11.3 Å². The molecule has 0 saturated carbocycles. The average molecular weight is 628 g/mol. The van der Waals surface area contributed by atoms with E-state index in [1.165, 1.54) is 34.4 Å². The van der Waals surface area contributed by atoms with Crippen LogP contribution in [-0.2, 0) is 25.0 Å². The van der Waals surface area contributed by atoms with Crippen molar-refractivity contribution in [1.29, 1.82) is 5.41 Å². The molecule has 0 radical (unpaired) electrons. The fraction of sp³-hybridized carbons (Fsp3) is 0.333. The number of hydrogen-bond donors (Lipinski definition) is 4. The maximum absolute atomic E-state index is 14.9. The summed E-state index contributed by atoms with van der Waals surface area (Å²) in [4.78, 5) is 41.9. The number of likely N-dealkylation sites (tertiary alicyclic amines) is 1. The first-order valence-corrected chi connectivity index (χ1v) is 14.7. The lowest BCUT2D eigenvalue weighted by Crippen LogP contribution is -2.49. The third-order valence-electron chi connectivity index (χ3n) is 8.07. The monoisotopic (exact) mass is 627 g/mol. The number of nitrogens with one attached hydrogen (secondary N) is 3. The van der Waals surface area contributed by atoms with Gasteiger partial charge in [0.25, 0.3) is 11.8 Å². The van der Waals surface area contributed by atoms with E-state index in [1.54, 1.807) is 18.4 Å². The number of fused-ring (bicyclic) bond motifs is 3. The molecule has 2 aliphatic heterocycles. The Kier molecular flexibility index (Phi) is 7.46. The van der Waals surface area contributed by atoms with Gasteiger partial charge in [-0.1, -0.05) is 12.1 Å². The van der Waals surface area contributed by atoms with Crippen LogP contribution < -0.4 is 16.4 Å². The molecule has 3 aromatic rings. The van der Waals surface area contributed by atoms with Crippen LogP contribution in [0.5, 0.6) is 0 Å². The topological polar surface area (TPSA) is 147 Å². The molecule has 44 heavy (non-hydrogen) atoms. The summed E-state index contributed by atoms with van der Waals surface area (Å²) in [6.07, 6.45) is 0.0907. The zero-order valence-electron chi connectivity index (χ0n) is 23.4. The van der Waals surface area contributed by atoms with E-state index in [9.17, 15) is 27.6 Å². The highest BCUT2D eigenvalue weighted by Gasteiger charge is 2.52. The van der Waals surface area contributed by atoms with Crippen LogP contribution in [0.15, 0.2) is 47.8 Å². The van der Waals surface area contributed by atoms with Gasteiger partial charge < -0.3 is 30.7 Å². The summed E-state index contributed by atoms with van der Waals surface area (Å²) in [7, 11) is 0. The van der Waals surface area contributed by atoms with Crippen molar-refractivity contribution in [3.63, 3.8) is 0 Å². The van der Waals surface area contributed by atoms with Crippen molar-refractivity contribution < 1.29 is 37.0 Å². The Morgan fingerprint density at radius 1 is 1.09 bits per heavy atom. The molecular formula is C30H28F3N5O5S. The van der Waals surface area contributed by atoms with E-state index >= 15 is 0 Å². The van der Waals surface area contributed by atoms with Crippen LogP contribution in [0, 0.1) is 11.2 Å². The summed E-state index contributed by atoms with van der Waals surface area (Å²) in [6, 6.07) is 7.07. The number of nitrogens with two attached hydrogens (primary N) is 1. The standard InChI is InChI=1S/C30H28F3N5O5S/c1-15(24-9-17(13-44-24)26(34)35)37-28(41)23-11-29(42-6-7-43-29)14-38(23)25(39)12-36-27(40)16-2-5-21-20(8-16)19-4-3-18(31)10-22(19)30(21,32)33/h2-5,8-10,13,15,23H,6-7,11-12,14H2,1H3,(H3,34,35)(H,36,40)(H,37,41)/t15-,23+/m1/s1. The summed E-state index contributed by atoms with van der Waals surface area (Å²) < 4.78 is 55.1. The lowest BCUT2D eigenvalue weighted by molar-refractivity contribution is -0.152. The number of carbonyl (C=O) groups is 3. The Hall–Kier alpha value is -4.27. The summed E-state index contributed by atoms with van der Waals surface area (Å²) in [5.74, 6) is -7.13. The number of nitrogens with zero attached hydrogens (tertiary/aromatic N) is 1. The first-order valence-electron chi connectivity index (χ1n) is 13.8. The summed E-state index contributed by atoms with van der Waals surface area (Å²) in [5.41, 5.74) is 5.54.